The summed E-state index contributed by atoms with van der Waals surface area (Å²) < 4.78 is 0. The number of nitrogens with one attached hydrogen (secondary N) is 2. The topological polar surface area (TPSA) is 78.0 Å². The zero-order chi connectivity index (χ0) is 13.1. The first-order valence-electron chi connectivity index (χ1n) is 6.32. The minimum Gasteiger partial charge on any atom is -0.383 e. The quantitative estimate of drug-likeness (QED) is 0.708. The fourth-order valence-electron chi connectivity index (χ4n) is 2.37. The number of nitrogen functional groups attached to an aromatic ring is 1. The molecule has 1 atom stereocenters. The summed E-state index contributed by atoms with van der Waals surface area (Å²) >= 11 is 0. The van der Waals surface area contributed by atoms with E-state index in [-0.39, 0.29) is 0 Å². The van der Waals surface area contributed by atoms with E-state index in [0.717, 1.165) is 12.2 Å². The second kappa shape index (κ2) is 5.35. The fraction of sp³-hybridized carbons (Fsp3) is 0.538. The molecule has 0 amide bonds. The summed E-state index contributed by atoms with van der Waals surface area (Å²) in [4.78, 5) is 6.47. The molecule has 0 saturated carbocycles. The normalized spacial score (nSPS) is 20.7. The minimum atomic E-state index is 0.425. The van der Waals surface area contributed by atoms with E-state index in [2.05, 4.69) is 22.2 Å². The van der Waals surface area contributed by atoms with E-state index in [4.69, 9.17) is 11.1 Å². The van der Waals surface area contributed by atoms with Crippen molar-refractivity contribution < 1.29 is 0 Å². The Morgan fingerprint density at radius 1 is 1.61 bits per heavy atom. The van der Waals surface area contributed by atoms with Crippen LogP contribution in [0.1, 0.15) is 25.3 Å². The van der Waals surface area contributed by atoms with Gasteiger partial charge < -0.3 is 21.4 Å². The number of piperidine rings is 1. The Bertz CT molecular complexity index is 443. The lowest BCUT2D eigenvalue weighted by molar-refractivity contribution is 0.261. The summed E-state index contributed by atoms with van der Waals surface area (Å²) in [5.41, 5.74) is 7.87. The van der Waals surface area contributed by atoms with Gasteiger partial charge in [0, 0.05) is 23.9 Å². The molecule has 0 spiro atoms. The number of aromatic nitrogens is 1. The first-order chi connectivity index (χ1) is 8.56. The van der Waals surface area contributed by atoms with Crippen molar-refractivity contribution in [1.29, 1.82) is 5.41 Å². The molecule has 0 bridgehead atoms. The highest BCUT2D eigenvalue weighted by Gasteiger charge is 2.17. The highest BCUT2D eigenvalue weighted by molar-refractivity contribution is 6.00. The third kappa shape index (κ3) is 2.98. The first-order valence-corrected chi connectivity index (χ1v) is 6.32. The van der Waals surface area contributed by atoms with Crippen LogP contribution in [0, 0.1) is 5.41 Å². The second-order valence-electron chi connectivity index (χ2n) is 5.03. The predicted octanol–water partition coefficient (Wildman–Crippen LogP) is 1.56. The monoisotopic (exact) mass is 247 g/mol. The molecule has 1 aliphatic rings. The van der Waals surface area contributed by atoms with Gasteiger partial charge in [0.1, 0.15) is 5.82 Å². The fourth-order valence-corrected chi connectivity index (χ4v) is 2.37. The molecule has 1 aromatic rings. The number of rotatable bonds is 3. The van der Waals surface area contributed by atoms with Crippen molar-refractivity contribution in [2.45, 2.75) is 25.8 Å². The van der Waals surface area contributed by atoms with Crippen LogP contribution in [-0.2, 0) is 0 Å². The average molecular weight is 247 g/mol. The van der Waals surface area contributed by atoms with Crippen LogP contribution < -0.4 is 11.1 Å². The molecule has 5 nitrogen and oxygen atoms in total. The van der Waals surface area contributed by atoms with E-state index in [1.165, 1.54) is 19.4 Å². The van der Waals surface area contributed by atoms with Gasteiger partial charge in [-0.3, -0.25) is 0 Å². The molecule has 18 heavy (non-hydrogen) atoms. The van der Waals surface area contributed by atoms with Crippen LogP contribution in [0.4, 0.5) is 11.5 Å². The smallest absolute Gasteiger partial charge is 0.132 e. The Morgan fingerprint density at radius 3 is 3.06 bits per heavy atom. The molecule has 1 unspecified atom stereocenters. The maximum absolute atomic E-state index is 7.67. The van der Waals surface area contributed by atoms with Gasteiger partial charge in [-0.1, -0.05) is 0 Å². The summed E-state index contributed by atoms with van der Waals surface area (Å²) in [6.45, 7) is 3.94. The van der Waals surface area contributed by atoms with Crippen LogP contribution in [0.5, 0.6) is 0 Å². The lowest BCUT2D eigenvalue weighted by Crippen LogP contribution is -2.39. The van der Waals surface area contributed by atoms with Gasteiger partial charge in [0.25, 0.3) is 0 Å². The number of nitrogens with zero attached hydrogens (tertiary/aromatic N) is 2. The highest BCUT2D eigenvalue weighted by atomic mass is 15.1. The number of likely N-dealkylation sites (tertiary alicyclic amines) is 1. The number of nitrogens with two attached hydrogens (primary N) is 1. The van der Waals surface area contributed by atoms with Crippen LogP contribution in [0.3, 0.4) is 0 Å². The molecule has 0 aliphatic carbocycles. The number of likely N-dealkylation sites (N-methyl/N-ethyl adjacent to an activating group) is 1. The van der Waals surface area contributed by atoms with Crippen molar-refractivity contribution in [3.8, 4) is 0 Å². The summed E-state index contributed by atoms with van der Waals surface area (Å²) in [7, 11) is 2.14. The number of anilines is 2. The van der Waals surface area contributed by atoms with Crippen molar-refractivity contribution in [3.63, 3.8) is 0 Å². The Morgan fingerprint density at radius 2 is 2.39 bits per heavy atom. The number of hydrogen-bond donors (Lipinski definition) is 3. The SMILES string of the molecule is CC(=N)c1cc(NC2CCCN(C)C2)cnc1N. The molecule has 4 N–H and O–H groups in total. The Hall–Kier alpha value is -1.62. The van der Waals surface area contributed by atoms with E-state index in [1.54, 1.807) is 13.1 Å². The van der Waals surface area contributed by atoms with Gasteiger partial charge in [-0.25, -0.2) is 4.98 Å². The van der Waals surface area contributed by atoms with Crippen molar-refractivity contribution in [2.75, 3.05) is 31.2 Å². The van der Waals surface area contributed by atoms with E-state index in [1.807, 2.05) is 6.07 Å². The molecule has 2 heterocycles. The van der Waals surface area contributed by atoms with Gasteiger partial charge in [0.2, 0.25) is 0 Å². The van der Waals surface area contributed by atoms with E-state index in [0.29, 0.717) is 23.1 Å². The maximum Gasteiger partial charge on any atom is 0.132 e. The molecule has 0 radical (unpaired) electrons. The summed E-state index contributed by atoms with van der Waals surface area (Å²) in [5.74, 6) is 0.425. The van der Waals surface area contributed by atoms with Gasteiger partial charge in [0.15, 0.2) is 0 Å². The predicted molar refractivity (Wildman–Crippen MR) is 75.3 cm³/mol. The largest absolute Gasteiger partial charge is 0.383 e. The molecule has 1 saturated heterocycles. The molecular formula is C13H21N5. The molecule has 1 aliphatic heterocycles. The second-order valence-corrected chi connectivity index (χ2v) is 5.03. The van der Waals surface area contributed by atoms with Crippen LogP contribution in [-0.4, -0.2) is 41.8 Å². The number of pyridine rings is 1. The molecule has 98 valence electrons. The molecule has 5 heteroatoms. The van der Waals surface area contributed by atoms with E-state index in [9.17, 15) is 0 Å². The Kier molecular flexibility index (Phi) is 3.81. The van der Waals surface area contributed by atoms with Crippen molar-refractivity contribution >= 4 is 17.2 Å². The van der Waals surface area contributed by atoms with Crippen LogP contribution >= 0.6 is 0 Å². The Balaban J connectivity index is 2.09. The van der Waals surface area contributed by atoms with Crippen molar-refractivity contribution in [3.05, 3.63) is 17.8 Å². The minimum absolute atomic E-state index is 0.425. The van der Waals surface area contributed by atoms with Gasteiger partial charge >= 0.3 is 0 Å². The lowest BCUT2D eigenvalue weighted by atomic mass is 10.1. The van der Waals surface area contributed by atoms with Crippen LogP contribution in [0.25, 0.3) is 0 Å². The third-order valence-electron chi connectivity index (χ3n) is 3.32. The summed E-state index contributed by atoms with van der Waals surface area (Å²) in [6.07, 6.45) is 4.14. The summed E-state index contributed by atoms with van der Waals surface area (Å²) in [5, 5.41) is 11.1. The molecule has 1 aromatic heterocycles. The lowest BCUT2D eigenvalue weighted by Gasteiger charge is -2.30. The van der Waals surface area contributed by atoms with Gasteiger partial charge in [-0.05, 0) is 39.4 Å². The average Bonchev–Trinajstić information content (AvgIpc) is 2.31. The Labute approximate surface area is 108 Å². The molecule has 0 aromatic carbocycles. The van der Waals surface area contributed by atoms with Crippen LogP contribution in [0.15, 0.2) is 12.3 Å². The molecule has 2 rings (SSSR count). The molecule has 1 fully saturated rings. The van der Waals surface area contributed by atoms with Crippen molar-refractivity contribution in [1.82, 2.24) is 9.88 Å². The number of hydrogen-bond acceptors (Lipinski definition) is 5. The maximum atomic E-state index is 7.67. The van der Waals surface area contributed by atoms with Crippen molar-refractivity contribution in [2.24, 2.45) is 0 Å². The first kappa shape index (κ1) is 12.8. The van der Waals surface area contributed by atoms with Crippen LogP contribution in [0.2, 0.25) is 0 Å². The highest BCUT2D eigenvalue weighted by Crippen LogP contribution is 2.18. The third-order valence-corrected chi connectivity index (χ3v) is 3.32. The zero-order valence-electron chi connectivity index (χ0n) is 11.0. The van der Waals surface area contributed by atoms with E-state index < -0.39 is 0 Å². The summed E-state index contributed by atoms with van der Waals surface area (Å²) in [6, 6.07) is 2.37. The molecular weight excluding hydrogens is 226 g/mol. The van der Waals surface area contributed by atoms with Gasteiger partial charge in [-0.2, -0.15) is 0 Å². The van der Waals surface area contributed by atoms with Gasteiger partial charge in [0.05, 0.1) is 11.9 Å². The van der Waals surface area contributed by atoms with E-state index >= 15 is 0 Å². The standard InChI is InChI=1S/C13H21N5/c1-9(14)12-6-11(7-16-13(12)15)17-10-4-3-5-18(2)8-10/h6-7,10,14,17H,3-5,8H2,1-2H3,(H2,15,16). The zero-order valence-corrected chi connectivity index (χ0v) is 11.0. The van der Waals surface area contributed by atoms with Gasteiger partial charge in [-0.15, -0.1) is 0 Å².